The number of para-hydroxylation sites is 1. The van der Waals surface area contributed by atoms with Gasteiger partial charge >= 0.3 is 0 Å². The summed E-state index contributed by atoms with van der Waals surface area (Å²) in [7, 11) is -1.33. The Hall–Kier alpha value is -8.07. The maximum Gasteiger partial charge on any atom is 0.292 e. The molecule has 12 rings (SSSR count). The number of furan rings is 1. The van der Waals surface area contributed by atoms with Gasteiger partial charge in [0.05, 0.1) is 41.7 Å². The maximum atomic E-state index is 10.8. The van der Waals surface area contributed by atoms with E-state index in [2.05, 4.69) is 222 Å². The molecule has 9 heteroatoms. The zero-order chi connectivity index (χ0) is 52.8. The predicted octanol–water partition coefficient (Wildman–Crippen LogP) is 17.3. The summed E-state index contributed by atoms with van der Waals surface area (Å²) in [4.78, 5) is 26.0. The van der Waals surface area contributed by atoms with Crippen molar-refractivity contribution in [2.45, 2.75) is 66.1 Å². The molecule has 7 nitrogen and oxygen atoms in total. The topological polar surface area (TPSA) is 94.0 Å². The van der Waals surface area contributed by atoms with E-state index in [0.717, 1.165) is 89.0 Å². The van der Waals surface area contributed by atoms with Gasteiger partial charge in [0.2, 0.25) is 0 Å². The van der Waals surface area contributed by atoms with E-state index < -0.39 is 14.0 Å². The summed E-state index contributed by atoms with van der Waals surface area (Å²) in [5.74, 6) is 0.311. The number of carboxylic acid groups (broad SMARTS) is 1. The summed E-state index contributed by atoms with van der Waals surface area (Å²) in [5.41, 5.74) is 18.8. The zero-order valence-electron chi connectivity index (χ0n) is 44.4. The second kappa shape index (κ2) is 21.5. The van der Waals surface area contributed by atoms with Gasteiger partial charge < -0.3 is 19.1 Å². The minimum Gasteiger partial charge on any atom is -0.501 e. The summed E-state index contributed by atoms with van der Waals surface area (Å²) in [6.07, 6.45) is 1.92. The first-order valence-corrected chi connectivity index (χ1v) is 29.5. The minimum absolute atomic E-state index is 0. The average Bonchev–Trinajstić information content (AvgIpc) is 4.08. The third kappa shape index (κ3) is 10.2. The van der Waals surface area contributed by atoms with E-state index >= 15 is 0 Å². The van der Waals surface area contributed by atoms with Crippen molar-refractivity contribution in [2.24, 2.45) is 0 Å². The maximum absolute atomic E-state index is 10.8. The molecule has 12 aromatic rings. The van der Waals surface area contributed by atoms with Crippen molar-refractivity contribution in [3.05, 3.63) is 223 Å². The summed E-state index contributed by atoms with van der Waals surface area (Å²) >= 11 is 0. The Morgan fingerprint density at radius 3 is 1.83 bits per heavy atom. The van der Waals surface area contributed by atoms with Crippen LogP contribution in [0, 0.1) is 19.1 Å². The van der Waals surface area contributed by atoms with Crippen LogP contribution in [0.1, 0.15) is 66.7 Å². The van der Waals surface area contributed by atoms with Crippen molar-refractivity contribution in [1.29, 1.82) is 0 Å². The molecule has 0 saturated heterocycles. The third-order valence-electron chi connectivity index (χ3n) is 14.4. The van der Waals surface area contributed by atoms with Crippen LogP contribution in [0.15, 0.2) is 193 Å². The number of carboxylic acids is 1. The predicted molar refractivity (Wildman–Crippen MR) is 316 cm³/mol. The monoisotopic (exact) mass is 1200 g/mol. The molecule has 1 N–H and O–H groups in total. The molecule has 0 saturated carbocycles. The molecule has 0 fully saturated rings. The minimum atomic E-state index is -1.33. The fourth-order valence-electron chi connectivity index (χ4n) is 10.2. The molecule has 0 aliphatic heterocycles. The van der Waals surface area contributed by atoms with E-state index in [-0.39, 0.29) is 37.5 Å². The van der Waals surface area contributed by atoms with Gasteiger partial charge in [-0.3, -0.25) is 14.8 Å². The summed E-state index contributed by atoms with van der Waals surface area (Å²) in [6.45, 7) is 18.1. The Morgan fingerprint density at radius 2 is 1.23 bits per heavy atom. The number of hydrogen-bond acceptors (Lipinski definition) is 5. The molecule has 0 atom stereocenters. The van der Waals surface area contributed by atoms with Gasteiger partial charge in [0, 0.05) is 42.8 Å². The Bertz CT molecular complexity index is 4080. The molecule has 4 aromatic heterocycles. The largest absolute Gasteiger partial charge is 0.501 e. The van der Waals surface area contributed by atoms with E-state index in [0.29, 0.717) is 0 Å². The number of pyridine rings is 2. The molecule has 77 heavy (non-hydrogen) atoms. The van der Waals surface area contributed by atoms with Crippen molar-refractivity contribution in [3.63, 3.8) is 0 Å². The number of imidazole rings is 1. The van der Waals surface area contributed by atoms with E-state index in [1.807, 2.05) is 24.4 Å². The molecule has 1 radical (unpaired) electrons. The number of benzene rings is 8. The van der Waals surface area contributed by atoms with Crippen LogP contribution in [-0.4, -0.2) is 38.7 Å². The van der Waals surface area contributed by atoms with Gasteiger partial charge in [-0.2, -0.15) is 0 Å². The normalized spacial score (nSPS) is 11.6. The van der Waals surface area contributed by atoms with Crippen LogP contribution in [0.4, 0.5) is 0 Å². The van der Waals surface area contributed by atoms with Gasteiger partial charge in [0.15, 0.2) is 0 Å². The molecule has 0 spiro atoms. The average molecular weight is 1200 g/mol. The van der Waals surface area contributed by atoms with E-state index in [1.165, 1.54) is 44.6 Å². The fraction of sp³-hybridized carbons (Fsp3) is 0.147. The molecule has 0 aliphatic rings. The van der Waals surface area contributed by atoms with Crippen molar-refractivity contribution in [3.8, 4) is 61.7 Å². The van der Waals surface area contributed by atoms with E-state index in [4.69, 9.17) is 19.5 Å². The number of fused-ring (bicyclic) bond motifs is 6. The molecule has 383 valence electrons. The first kappa shape index (κ1) is 52.4. The van der Waals surface area contributed by atoms with Crippen LogP contribution in [0.25, 0.3) is 106 Å². The number of carbonyl (C=O) groups is 1. The Labute approximate surface area is 464 Å². The van der Waals surface area contributed by atoms with Crippen molar-refractivity contribution in [2.75, 3.05) is 0 Å². The third-order valence-corrected chi connectivity index (χ3v) is 16.4. The second-order valence-electron chi connectivity index (χ2n) is 21.2. The standard InChI is InChI=1S/C53H42N3O.C15H16NO2Si.Ir/c1-32(2)45-29-40(36-17-10-7-11-18-36)30-46(33(3)4)51(45)56-50-34(5)54-47-22-13-12-19-43(47)49(50)55-53(56)44-21-14-20-42-41-28-27-39(31-48(41)57-52(42)44)38-25-23-37(24-26-38)35-15-8-6-9-16-35;1-19(2,3)13-8-9-14(16-10-13)11-4-6-12(7-5-11)15(17)18;/h6-20,22-33H,1-5H3;4,6-10H,1-3H3,(H,17,18);/q2*-1;. The number of rotatable bonds is 10. The molecular formula is C68H58IrN4O3Si-2. The van der Waals surface area contributed by atoms with Gasteiger partial charge in [0.25, 0.3) is 5.97 Å². The van der Waals surface area contributed by atoms with Crippen molar-refractivity contribution in [1.82, 2.24) is 19.5 Å². The van der Waals surface area contributed by atoms with Crippen LogP contribution in [-0.2, 0) is 20.1 Å². The smallest absolute Gasteiger partial charge is 0.292 e. The number of hydrogen-bond donors (Lipinski definition) is 1. The van der Waals surface area contributed by atoms with Gasteiger partial charge in [-0.25, -0.2) is 0 Å². The first-order chi connectivity index (χ1) is 36.7. The van der Waals surface area contributed by atoms with Crippen LogP contribution in [0.2, 0.25) is 19.6 Å². The molecule has 4 heterocycles. The van der Waals surface area contributed by atoms with Crippen molar-refractivity contribution < 1.29 is 34.4 Å². The first-order valence-electron chi connectivity index (χ1n) is 26.0. The number of aryl methyl sites for hydroxylation is 1. The van der Waals surface area contributed by atoms with Gasteiger partial charge in [-0.1, -0.05) is 186 Å². The van der Waals surface area contributed by atoms with Gasteiger partial charge in [0.1, 0.15) is 5.58 Å². The molecule has 8 aromatic carbocycles. The SMILES string of the molecule is C[Si](C)(C)c1ccc(-c2[c-]cc(C(=O)O)cc2)nc1.Cc1nc2ccccc2c2nc(-c3[c-]ccc4c3oc3cc(-c5ccc(-c6ccccc6)cc5)ccc34)n(-c3c(C(C)C)cc(-c4ccccc4)cc3C(C)C)c12.[Ir]. The molecule has 0 bridgehead atoms. The molecule has 0 aliphatic carbocycles. The Kier molecular flexibility index (Phi) is 14.6. The van der Waals surface area contributed by atoms with Gasteiger partial charge in [-0.05, 0) is 104 Å². The summed E-state index contributed by atoms with van der Waals surface area (Å²) in [6, 6.07) is 69.2. The van der Waals surface area contributed by atoms with Crippen LogP contribution >= 0.6 is 0 Å². The van der Waals surface area contributed by atoms with Gasteiger partial charge in [-0.15, -0.1) is 48.0 Å². The summed E-state index contributed by atoms with van der Waals surface area (Å²) in [5, 5.41) is 13.3. The number of nitrogens with zero attached hydrogens (tertiary/aromatic N) is 4. The fourth-order valence-corrected chi connectivity index (χ4v) is 11.3. The number of aromatic carboxylic acids is 1. The quantitative estimate of drug-likeness (QED) is 0.108. The Balaban J connectivity index is 0.000000285. The van der Waals surface area contributed by atoms with Crippen LogP contribution < -0.4 is 5.19 Å². The number of aromatic nitrogens is 4. The van der Waals surface area contributed by atoms with Crippen molar-refractivity contribution >= 4 is 63.1 Å². The molecule has 0 unspecified atom stereocenters. The van der Waals surface area contributed by atoms with Crippen LogP contribution in [0.5, 0.6) is 0 Å². The van der Waals surface area contributed by atoms with Crippen LogP contribution in [0.3, 0.4) is 0 Å². The molecule has 0 amide bonds. The summed E-state index contributed by atoms with van der Waals surface area (Å²) < 4.78 is 9.31. The Morgan fingerprint density at radius 1 is 0.623 bits per heavy atom. The van der Waals surface area contributed by atoms with E-state index in [1.54, 1.807) is 12.1 Å². The molecular weight excluding hydrogens is 1140 g/mol. The zero-order valence-corrected chi connectivity index (χ0v) is 47.8. The van der Waals surface area contributed by atoms with E-state index in [9.17, 15) is 4.79 Å². The second-order valence-corrected chi connectivity index (χ2v) is 26.3.